The van der Waals surface area contributed by atoms with Crippen molar-refractivity contribution >= 4 is 0 Å². The van der Waals surface area contributed by atoms with Crippen molar-refractivity contribution in [2.24, 2.45) is 0 Å². The smallest absolute Gasteiger partial charge is 0.104 e. The highest BCUT2D eigenvalue weighted by Gasteiger charge is 2.33. The molecule has 0 spiro atoms. The Morgan fingerprint density at radius 1 is 1.57 bits per heavy atom. The van der Waals surface area contributed by atoms with Crippen molar-refractivity contribution in [3.8, 4) is 0 Å². The van der Waals surface area contributed by atoms with E-state index in [-0.39, 0.29) is 0 Å². The molecule has 0 amide bonds. The highest BCUT2D eigenvalue weighted by Crippen LogP contribution is 2.29. The van der Waals surface area contributed by atoms with Crippen LogP contribution in [-0.4, -0.2) is 23.9 Å². The molecule has 14 heavy (non-hydrogen) atoms. The average Bonchev–Trinajstić information content (AvgIpc) is 2.28. The summed E-state index contributed by atoms with van der Waals surface area (Å²) < 4.78 is 5.41. The van der Waals surface area contributed by atoms with E-state index >= 15 is 0 Å². The summed E-state index contributed by atoms with van der Waals surface area (Å²) in [5.74, 6) is 0. The summed E-state index contributed by atoms with van der Waals surface area (Å²) in [6.07, 6.45) is 7.18. The Kier molecular flexibility index (Phi) is 4.14. The summed E-state index contributed by atoms with van der Waals surface area (Å²) in [6, 6.07) is 0. The van der Waals surface area contributed by atoms with E-state index < -0.39 is 11.7 Å². The Morgan fingerprint density at radius 3 is 2.71 bits per heavy atom. The molecule has 82 valence electrons. The van der Waals surface area contributed by atoms with Gasteiger partial charge < -0.3 is 9.84 Å². The van der Waals surface area contributed by atoms with Crippen LogP contribution in [0, 0.1) is 0 Å². The van der Waals surface area contributed by atoms with Gasteiger partial charge in [0.2, 0.25) is 0 Å². The molecule has 1 N–H and O–H groups in total. The van der Waals surface area contributed by atoms with E-state index in [2.05, 4.69) is 13.0 Å². The molecule has 2 unspecified atom stereocenters. The second-order valence-electron chi connectivity index (χ2n) is 4.30. The lowest BCUT2D eigenvalue weighted by atomic mass is 9.85. The molecule has 0 aliphatic heterocycles. The second kappa shape index (κ2) is 4.94. The minimum atomic E-state index is -0.433. The SMILES string of the molecule is CCC(C)(OC)C(O)C1=CCCCC1. The molecule has 0 saturated heterocycles. The zero-order valence-corrected chi connectivity index (χ0v) is 9.55. The number of aliphatic hydroxyl groups excluding tert-OH is 1. The molecule has 0 aromatic carbocycles. The molecule has 1 rings (SSSR count). The van der Waals surface area contributed by atoms with Gasteiger partial charge in [-0.05, 0) is 44.6 Å². The first-order chi connectivity index (χ1) is 6.64. The molecule has 2 nitrogen and oxygen atoms in total. The molecule has 0 aromatic heterocycles. The van der Waals surface area contributed by atoms with Crippen molar-refractivity contribution in [3.63, 3.8) is 0 Å². The van der Waals surface area contributed by atoms with E-state index in [1.54, 1.807) is 7.11 Å². The van der Waals surface area contributed by atoms with Crippen LogP contribution < -0.4 is 0 Å². The van der Waals surface area contributed by atoms with Crippen LogP contribution in [0.2, 0.25) is 0 Å². The van der Waals surface area contributed by atoms with E-state index in [9.17, 15) is 5.11 Å². The fourth-order valence-electron chi connectivity index (χ4n) is 1.95. The van der Waals surface area contributed by atoms with Crippen LogP contribution in [0.4, 0.5) is 0 Å². The van der Waals surface area contributed by atoms with E-state index in [4.69, 9.17) is 4.74 Å². The van der Waals surface area contributed by atoms with Crippen LogP contribution in [0.15, 0.2) is 11.6 Å². The first-order valence-corrected chi connectivity index (χ1v) is 5.56. The molecule has 1 aliphatic carbocycles. The number of rotatable bonds is 4. The van der Waals surface area contributed by atoms with Gasteiger partial charge >= 0.3 is 0 Å². The van der Waals surface area contributed by atoms with E-state index in [0.717, 1.165) is 19.3 Å². The fraction of sp³-hybridized carbons (Fsp3) is 0.833. The van der Waals surface area contributed by atoms with E-state index in [1.807, 2.05) is 6.92 Å². The zero-order valence-electron chi connectivity index (χ0n) is 9.55. The molecule has 0 saturated carbocycles. The third-order valence-corrected chi connectivity index (χ3v) is 3.42. The largest absolute Gasteiger partial charge is 0.386 e. The van der Waals surface area contributed by atoms with Gasteiger partial charge in [0.1, 0.15) is 6.10 Å². The maximum atomic E-state index is 10.2. The van der Waals surface area contributed by atoms with Crippen molar-refractivity contribution in [1.82, 2.24) is 0 Å². The van der Waals surface area contributed by atoms with Gasteiger partial charge in [0.05, 0.1) is 5.60 Å². The summed E-state index contributed by atoms with van der Waals surface area (Å²) in [6.45, 7) is 4.03. The molecule has 2 heteroatoms. The quantitative estimate of drug-likeness (QED) is 0.704. The van der Waals surface area contributed by atoms with Gasteiger partial charge in [-0.3, -0.25) is 0 Å². The van der Waals surface area contributed by atoms with Gasteiger partial charge in [-0.1, -0.05) is 13.0 Å². The van der Waals surface area contributed by atoms with Crippen LogP contribution in [0.5, 0.6) is 0 Å². The zero-order chi connectivity index (χ0) is 10.6. The lowest BCUT2D eigenvalue weighted by Gasteiger charge is -2.34. The Hall–Kier alpha value is -0.340. The Bertz CT molecular complexity index is 204. The third-order valence-electron chi connectivity index (χ3n) is 3.42. The molecule has 0 aromatic rings. The summed E-state index contributed by atoms with van der Waals surface area (Å²) in [7, 11) is 1.68. The third kappa shape index (κ3) is 2.37. The first-order valence-electron chi connectivity index (χ1n) is 5.56. The number of aliphatic hydroxyl groups is 1. The lowest BCUT2D eigenvalue weighted by molar-refractivity contribution is -0.0781. The molecule has 0 radical (unpaired) electrons. The second-order valence-corrected chi connectivity index (χ2v) is 4.30. The topological polar surface area (TPSA) is 29.5 Å². The maximum absolute atomic E-state index is 10.2. The van der Waals surface area contributed by atoms with E-state index in [0.29, 0.717) is 0 Å². The normalized spacial score (nSPS) is 23.9. The molecule has 0 fully saturated rings. The number of ether oxygens (including phenoxy) is 1. The number of methoxy groups -OCH3 is 1. The number of hydrogen-bond acceptors (Lipinski definition) is 2. The van der Waals surface area contributed by atoms with Gasteiger partial charge in [0.15, 0.2) is 0 Å². The molecule has 1 aliphatic rings. The fourth-order valence-corrected chi connectivity index (χ4v) is 1.95. The van der Waals surface area contributed by atoms with Gasteiger partial charge in [0, 0.05) is 7.11 Å². The maximum Gasteiger partial charge on any atom is 0.104 e. The van der Waals surface area contributed by atoms with Crippen molar-refractivity contribution in [1.29, 1.82) is 0 Å². The van der Waals surface area contributed by atoms with E-state index in [1.165, 1.54) is 18.4 Å². The molecule has 0 heterocycles. The van der Waals surface area contributed by atoms with Gasteiger partial charge in [-0.15, -0.1) is 0 Å². The van der Waals surface area contributed by atoms with Crippen LogP contribution in [0.25, 0.3) is 0 Å². The lowest BCUT2D eigenvalue weighted by Crippen LogP contribution is -2.42. The number of allylic oxidation sites excluding steroid dienone is 1. The van der Waals surface area contributed by atoms with Crippen LogP contribution in [0.1, 0.15) is 46.0 Å². The van der Waals surface area contributed by atoms with Gasteiger partial charge in [0.25, 0.3) is 0 Å². The molecule has 2 atom stereocenters. The highest BCUT2D eigenvalue weighted by atomic mass is 16.5. The summed E-state index contributed by atoms with van der Waals surface area (Å²) >= 11 is 0. The summed E-state index contributed by atoms with van der Waals surface area (Å²) in [4.78, 5) is 0. The Balaban J connectivity index is 2.71. The van der Waals surface area contributed by atoms with Crippen molar-refractivity contribution in [2.45, 2.75) is 57.7 Å². The first kappa shape index (κ1) is 11.7. The van der Waals surface area contributed by atoms with Gasteiger partial charge in [-0.2, -0.15) is 0 Å². The standard InChI is InChI=1S/C12H22O2/c1-4-12(2,14-3)11(13)10-8-6-5-7-9-10/h8,11,13H,4-7,9H2,1-3H3. The van der Waals surface area contributed by atoms with Crippen molar-refractivity contribution < 1.29 is 9.84 Å². The molecule has 0 bridgehead atoms. The van der Waals surface area contributed by atoms with Crippen LogP contribution in [-0.2, 0) is 4.74 Å². The van der Waals surface area contributed by atoms with Gasteiger partial charge in [-0.25, -0.2) is 0 Å². The monoisotopic (exact) mass is 198 g/mol. The number of hydrogen-bond donors (Lipinski definition) is 1. The predicted molar refractivity (Wildman–Crippen MR) is 58.3 cm³/mol. The summed E-state index contributed by atoms with van der Waals surface area (Å²) in [5, 5.41) is 10.2. The Morgan fingerprint density at radius 2 is 2.29 bits per heavy atom. The minimum absolute atomic E-state index is 0.414. The summed E-state index contributed by atoms with van der Waals surface area (Å²) in [5.41, 5.74) is 0.755. The Labute approximate surface area is 87.0 Å². The van der Waals surface area contributed by atoms with Crippen molar-refractivity contribution in [2.75, 3.05) is 7.11 Å². The molecular weight excluding hydrogens is 176 g/mol. The van der Waals surface area contributed by atoms with Crippen LogP contribution >= 0.6 is 0 Å². The highest BCUT2D eigenvalue weighted by molar-refractivity contribution is 5.15. The predicted octanol–water partition coefficient (Wildman–Crippen LogP) is 2.66. The molecular formula is C12H22O2. The average molecular weight is 198 g/mol. The van der Waals surface area contributed by atoms with Crippen molar-refractivity contribution in [3.05, 3.63) is 11.6 Å². The van der Waals surface area contributed by atoms with Crippen LogP contribution in [0.3, 0.4) is 0 Å². The minimum Gasteiger partial charge on any atom is -0.386 e.